The molecule has 0 aliphatic heterocycles. The fraction of sp³-hybridized carbons (Fsp3) is 0.600. The van der Waals surface area contributed by atoms with Gasteiger partial charge in [0.2, 0.25) is 0 Å². The molecule has 41 heavy (non-hydrogen) atoms. The van der Waals surface area contributed by atoms with Crippen LogP contribution < -0.4 is 4.90 Å². The predicted octanol–water partition coefficient (Wildman–Crippen LogP) is 6.53. The third kappa shape index (κ3) is 5.72. The van der Waals surface area contributed by atoms with Crippen LogP contribution in [0.1, 0.15) is 96.5 Å². The maximum absolute atomic E-state index is 12.9. The standard InChI is InChI=1S/C35H45NO5/c1-22(38)30-15-16-31-34-32(41-23(2)39)20-25-19-27(40)13-14-28(25)33(34)29(21-35(30,31)3)24-9-11-26(12-10-24)36(4)17-7-5-6-8-18-37/h9-12,18-19,29-32,34H,5-8,13-17,20-21H2,1-4H3/t29-,30+,31+,32?,34-,35-/m1/s1. The molecule has 6 nitrogen and oxygen atoms in total. The second-order valence-corrected chi connectivity index (χ2v) is 13.1. The molecule has 6 heteroatoms. The molecule has 0 bridgehead atoms. The Labute approximate surface area is 244 Å². The first-order chi connectivity index (χ1) is 19.6. The van der Waals surface area contributed by atoms with E-state index in [-0.39, 0.29) is 52.7 Å². The Morgan fingerprint density at radius 2 is 1.83 bits per heavy atom. The van der Waals surface area contributed by atoms with Crippen molar-refractivity contribution in [3.63, 3.8) is 0 Å². The minimum absolute atomic E-state index is 0.00835. The summed E-state index contributed by atoms with van der Waals surface area (Å²) in [6, 6.07) is 8.86. The van der Waals surface area contributed by atoms with E-state index < -0.39 is 0 Å². The van der Waals surface area contributed by atoms with E-state index in [9.17, 15) is 19.2 Å². The number of allylic oxidation sites excluding steroid dienone is 2. The van der Waals surface area contributed by atoms with Gasteiger partial charge in [0.1, 0.15) is 18.2 Å². The molecule has 0 saturated heterocycles. The van der Waals surface area contributed by atoms with E-state index in [1.165, 1.54) is 23.6 Å². The van der Waals surface area contributed by atoms with Gasteiger partial charge in [-0.25, -0.2) is 0 Å². The molecular formula is C35H45NO5. The number of fused-ring (bicyclic) bond motifs is 4. The highest BCUT2D eigenvalue weighted by Crippen LogP contribution is 2.66. The first kappa shape index (κ1) is 29.5. The summed E-state index contributed by atoms with van der Waals surface area (Å²) in [6.07, 6.45) is 10.7. The summed E-state index contributed by atoms with van der Waals surface area (Å²) in [5, 5.41) is 0. The molecule has 5 rings (SSSR count). The molecule has 220 valence electrons. The normalized spacial score (nSPS) is 30.6. The van der Waals surface area contributed by atoms with Gasteiger partial charge >= 0.3 is 5.97 Å². The SMILES string of the molecule is CC(=O)OC1CC2=CC(=O)CCC2=C2[C@@H](c3ccc(N(C)CCCCCC=O)cc3)C[C@]3(C)[C@H](C(C)=O)CC[C@H]3[C@@H]21. The molecule has 6 atom stereocenters. The number of hydrogen-bond donors (Lipinski definition) is 0. The molecule has 0 N–H and O–H groups in total. The molecule has 0 radical (unpaired) electrons. The monoisotopic (exact) mass is 559 g/mol. The zero-order chi connectivity index (χ0) is 29.3. The second-order valence-electron chi connectivity index (χ2n) is 13.1. The highest BCUT2D eigenvalue weighted by Gasteiger charge is 2.60. The molecule has 1 aromatic rings. The number of carbonyl (C=O) groups is 4. The molecule has 2 saturated carbocycles. The van der Waals surface area contributed by atoms with Crippen LogP contribution in [0.2, 0.25) is 0 Å². The zero-order valence-corrected chi connectivity index (χ0v) is 25.1. The largest absolute Gasteiger partial charge is 0.462 e. The average molecular weight is 560 g/mol. The van der Waals surface area contributed by atoms with Gasteiger partial charge in [-0.05, 0) is 91.7 Å². The highest BCUT2D eigenvalue weighted by molar-refractivity contribution is 5.93. The van der Waals surface area contributed by atoms with Crippen LogP contribution in [0.25, 0.3) is 0 Å². The molecule has 1 unspecified atom stereocenters. The highest BCUT2D eigenvalue weighted by atomic mass is 16.5. The lowest BCUT2D eigenvalue weighted by atomic mass is 9.51. The maximum atomic E-state index is 12.9. The lowest BCUT2D eigenvalue weighted by molar-refractivity contribution is -0.152. The Kier molecular flexibility index (Phi) is 8.68. The van der Waals surface area contributed by atoms with Crippen molar-refractivity contribution in [3.05, 3.63) is 52.6 Å². The van der Waals surface area contributed by atoms with E-state index in [0.29, 0.717) is 19.3 Å². The van der Waals surface area contributed by atoms with Crippen LogP contribution in [0.15, 0.2) is 47.1 Å². The van der Waals surface area contributed by atoms with Crippen LogP contribution in [-0.2, 0) is 23.9 Å². The number of hydrogen-bond acceptors (Lipinski definition) is 6. The maximum Gasteiger partial charge on any atom is 0.302 e. The van der Waals surface area contributed by atoms with E-state index in [2.05, 4.69) is 43.1 Å². The molecule has 1 aromatic carbocycles. The van der Waals surface area contributed by atoms with Crippen LogP contribution in [0.5, 0.6) is 0 Å². The summed E-state index contributed by atoms with van der Waals surface area (Å²) in [5.74, 6) is 0.563. The van der Waals surface area contributed by atoms with E-state index in [0.717, 1.165) is 69.0 Å². The Morgan fingerprint density at radius 3 is 2.51 bits per heavy atom. The van der Waals surface area contributed by atoms with Gasteiger partial charge in [0, 0.05) is 63.2 Å². The van der Waals surface area contributed by atoms with Crippen LogP contribution >= 0.6 is 0 Å². The van der Waals surface area contributed by atoms with Crippen LogP contribution in [0.4, 0.5) is 5.69 Å². The van der Waals surface area contributed by atoms with E-state index >= 15 is 0 Å². The number of esters is 1. The second kappa shape index (κ2) is 12.1. The van der Waals surface area contributed by atoms with Crippen molar-refractivity contribution in [1.29, 1.82) is 0 Å². The summed E-state index contributed by atoms with van der Waals surface area (Å²) in [4.78, 5) is 50.6. The van der Waals surface area contributed by atoms with Crippen molar-refractivity contribution in [3.8, 4) is 0 Å². The Hall–Kier alpha value is -3.02. The number of nitrogens with zero attached hydrogens (tertiary/aromatic N) is 1. The summed E-state index contributed by atoms with van der Waals surface area (Å²) in [5.41, 5.74) is 5.91. The fourth-order valence-electron chi connectivity index (χ4n) is 8.77. The Balaban J connectivity index is 1.53. The first-order valence-corrected chi connectivity index (χ1v) is 15.5. The van der Waals surface area contributed by atoms with Gasteiger partial charge in [-0.1, -0.05) is 31.1 Å². The predicted molar refractivity (Wildman–Crippen MR) is 160 cm³/mol. The summed E-state index contributed by atoms with van der Waals surface area (Å²) >= 11 is 0. The van der Waals surface area contributed by atoms with Crippen LogP contribution in [-0.4, -0.2) is 43.5 Å². The molecule has 4 aliphatic rings. The number of benzene rings is 1. The number of carbonyl (C=O) groups excluding carboxylic acids is 4. The topological polar surface area (TPSA) is 80.8 Å². The third-order valence-electron chi connectivity index (χ3n) is 10.6. The third-order valence-corrected chi connectivity index (χ3v) is 10.6. The number of anilines is 1. The minimum atomic E-state index is -0.314. The number of unbranched alkanes of at least 4 members (excludes halogenated alkanes) is 3. The minimum Gasteiger partial charge on any atom is -0.462 e. The molecule has 0 spiro atoms. The van der Waals surface area contributed by atoms with Crippen LogP contribution in [0, 0.1) is 23.2 Å². The van der Waals surface area contributed by atoms with Crippen molar-refractivity contribution < 1.29 is 23.9 Å². The molecule has 0 heterocycles. The van der Waals surface area contributed by atoms with Crippen molar-refractivity contribution in [1.82, 2.24) is 0 Å². The van der Waals surface area contributed by atoms with Gasteiger partial charge in [-0.2, -0.15) is 0 Å². The quantitative estimate of drug-likeness (QED) is 0.184. The average Bonchev–Trinajstić information content (AvgIpc) is 3.29. The summed E-state index contributed by atoms with van der Waals surface area (Å²) < 4.78 is 6.05. The van der Waals surface area contributed by atoms with Crippen molar-refractivity contribution in [2.75, 3.05) is 18.5 Å². The molecule has 2 fully saturated rings. The summed E-state index contributed by atoms with van der Waals surface area (Å²) in [7, 11) is 2.11. The number of Topliss-reactive ketones (excluding diaryl/α,β-unsaturated/α-hetero) is 1. The molecule has 4 aliphatic carbocycles. The molecule has 0 amide bonds. The molecule has 0 aromatic heterocycles. The van der Waals surface area contributed by atoms with Gasteiger partial charge in [-0.15, -0.1) is 0 Å². The smallest absolute Gasteiger partial charge is 0.302 e. The van der Waals surface area contributed by atoms with Crippen molar-refractivity contribution >= 4 is 29.5 Å². The van der Waals surface area contributed by atoms with Gasteiger partial charge in [-0.3, -0.25) is 14.4 Å². The number of ether oxygens (including phenoxy) is 1. The lowest BCUT2D eigenvalue weighted by Gasteiger charge is -2.54. The zero-order valence-electron chi connectivity index (χ0n) is 25.1. The first-order valence-electron chi connectivity index (χ1n) is 15.5. The number of ketones is 2. The number of rotatable bonds is 10. The molecular weight excluding hydrogens is 514 g/mol. The number of aldehydes is 1. The Bertz CT molecular complexity index is 1260. The summed E-state index contributed by atoms with van der Waals surface area (Å²) in [6.45, 7) is 6.45. The Morgan fingerprint density at radius 1 is 1.07 bits per heavy atom. The van der Waals surface area contributed by atoms with Gasteiger partial charge in [0.25, 0.3) is 0 Å². The van der Waals surface area contributed by atoms with E-state index in [1.54, 1.807) is 13.0 Å². The van der Waals surface area contributed by atoms with Gasteiger partial charge in [0.15, 0.2) is 5.78 Å². The fourth-order valence-corrected chi connectivity index (χ4v) is 8.77. The van der Waals surface area contributed by atoms with E-state index in [4.69, 9.17) is 4.74 Å². The van der Waals surface area contributed by atoms with Crippen molar-refractivity contribution in [2.24, 2.45) is 23.2 Å². The van der Waals surface area contributed by atoms with E-state index in [1.807, 2.05) is 0 Å². The van der Waals surface area contributed by atoms with Crippen molar-refractivity contribution in [2.45, 2.75) is 97.0 Å². The van der Waals surface area contributed by atoms with Gasteiger partial charge < -0.3 is 14.4 Å². The van der Waals surface area contributed by atoms with Gasteiger partial charge in [0.05, 0.1) is 0 Å². The van der Waals surface area contributed by atoms with Crippen LogP contribution in [0.3, 0.4) is 0 Å². The lowest BCUT2D eigenvalue weighted by Crippen LogP contribution is -2.50.